The first kappa shape index (κ1) is 17.2. The molecule has 0 aromatic heterocycles. The van der Waals surface area contributed by atoms with E-state index in [1.165, 1.54) is 6.07 Å². The zero-order chi connectivity index (χ0) is 16.8. The Bertz CT molecular complexity index is 565. The summed E-state index contributed by atoms with van der Waals surface area (Å²) in [5, 5.41) is 11.7. The van der Waals surface area contributed by atoms with Gasteiger partial charge in [-0.1, -0.05) is 24.6 Å². The van der Waals surface area contributed by atoms with Crippen LogP contribution >= 0.6 is 0 Å². The Labute approximate surface area is 132 Å². The van der Waals surface area contributed by atoms with Gasteiger partial charge >= 0.3 is 12.6 Å². The van der Waals surface area contributed by atoms with Gasteiger partial charge in [-0.3, -0.25) is 9.59 Å². The summed E-state index contributed by atoms with van der Waals surface area (Å²) in [6.45, 7) is -2.86. The Balaban J connectivity index is 1.93. The Morgan fingerprint density at radius 3 is 2.65 bits per heavy atom. The van der Waals surface area contributed by atoms with E-state index in [0.29, 0.717) is 31.2 Å². The van der Waals surface area contributed by atoms with Crippen molar-refractivity contribution in [1.29, 1.82) is 0 Å². The molecule has 0 saturated heterocycles. The average Bonchev–Trinajstić information content (AvgIpc) is 2.53. The van der Waals surface area contributed by atoms with Gasteiger partial charge in [0.1, 0.15) is 5.75 Å². The quantitative estimate of drug-likeness (QED) is 0.842. The molecule has 1 aliphatic rings. The zero-order valence-corrected chi connectivity index (χ0v) is 12.5. The van der Waals surface area contributed by atoms with Crippen molar-refractivity contribution in [2.24, 2.45) is 11.8 Å². The number of halogens is 2. The van der Waals surface area contributed by atoms with Crippen LogP contribution in [-0.2, 0) is 16.1 Å². The van der Waals surface area contributed by atoms with Crippen LogP contribution in [0.2, 0.25) is 0 Å². The van der Waals surface area contributed by atoms with Crippen molar-refractivity contribution in [3.8, 4) is 5.75 Å². The fourth-order valence-corrected chi connectivity index (χ4v) is 2.84. The number of carbonyl (C=O) groups excluding carboxylic acids is 1. The topological polar surface area (TPSA) is 75.6 Å². The second-order valence-electron chi connectivity index (χ2n) is 5.60. The summed E-state index contributed by atoms with van der Waals surface area (Å²) in [6.07, 6.45) is 2.24. The summed E-state index contributed by atoms with van der Waals surface area (Å²) < 4.78 is 29.1. The lowest BCUT2D eigenvalue weighted by atomic mass is 9.81. The van der Waals surface area contributed by atoms with Gasteiger partial charge in [0, 0.05) is 18.0 Å². The van der Waals surface area contributed by atoms with Crippen LogP contribution < -0.4 is 10.1 Å². The van der Waals surface area contributed by atoms with E-state index >= 15 is 0 Å². The van der Waals surface area contributed by atoms with E-state index in [-0.39, 0.29) is 24.1 Å². The molecule has 0 spiro atoms. The molecule has 2 rings (SSSR count). The van der Waals surface area contributed by atoms with Gasteiger partial charge in [-0.25, -0.2) is 0 Å². The summed E-state index contributed by atoms with van der Waals surface area (Å²) in [5.41, 5.74) is 0.451. The van der Waals surface area contributed by atoms with Crippen molar-refractivity contribution in [3.63, 3.8) is 0 Å². The first-order valence-corrected chi connectivity index (χ1v) is 7.50. The van der Waals surface area contributed by atoms with Gasteiger partial charge in [0.05, 0.1) is 5.92 Å². The van der Waals surface area contributed by atoms with E-state index in [9.17, 15) is 18.4 Å². The van der Waals surface area contributed by atoms with Gasteiger partial charge in [0.2, 0.25) is 5.91 Å². The molecule has 1 fully saturated rings. The van der Waals surface area contributed by atoms with Crippen molar-refractivity contribution in [1.82, 2.24) is 5.32 Å². The second kappa shape index (κ2) is 7.89. The number of para-hydroxylation sites is 1. The third-order valence-corrected chi connectivity index (χ3v) is 4.04. The molecule has 1 amide bonds. The fraction of sp³-hybridized carbons (Fsp3) is 0.500. The van der Waals surface area contributed by atoms with Crippen molar-refractivity contribution >= 4 is 11.9 Å². The van der Waals surface area contributed by atoms with Crippen LogP contribution in [0, 0.1) is 11.8 Å². The monoisotopic (exact) mass is 327 g/mol. The summed E-state index contributed by atoms with van der Waals surface area (Å²) in [7, 11) is 0. The summed E-state index contributed by atoms with van der Waals surface area (Å²) in [4.78, 5) is 23.2. The first-order valence-electron chi connectivity index (χ1n) is 7.50. The minimum atomic E-state index is -2.93. The van der Waals surface area contributed by atoms with Crippen LogP contribution in [0.5, 0.6) is 5.75 Å². The number of rotatable bonds is 6. The molecule has 126 valence electrons. The normalized spacial score (nSPS) is 21.0. The fourth-order valence-electron chi connectivity index (χ4n) is 2.84. The minimum absolute atomic E-state index is 0.0230. The Morgan fingerprint density at radius 2 is 1.96 bits per heavy atom. The van der Waals surface area contributed by atoms with Crippen molar-refractivity contribution < 1.29 is 28.2 Å². The Kier molecular flexibility index (Phi) is 5.90. The maximum atomic E-state index is 12.3. The molecule has 2 N–H and O–H groups in total. The van der Waals surface area contributed by atoms with E-state index in [1.807, 2.05) is 0 Å². The summed E-state index contributed by atoms with van der Waals surface area (Å²) in [5.74, 6) is -1.95. The molecule has 1 aromatic rings. The highest BCUT2D eigenvalue weighted by Gasteiger charge is 2.30. The van der Waals surface area contributed by atoms with Crippen LogP contribution in [0.4, 0.5) is 8.78 Å². The number of carboxylic acid groups (broad SMARTS) is 1. The van der Waals surface area contributed by atoms with E-state index in [1.54, 1.807) is 18.2 Å². The predicted octanol–water partition coefficient (Wildman–Crippen LogP) is 2.80. The molecule has 0 bridgehead atoms. The van der Waals surface area contributed by atoms with Crippen LogP contribution in [0.1, 0.15) is 31.2 Å². The van der Waals surface area contributed by atoms with E-state index in [2.05, 4.69) is 10.1 Å². The molecular weight excluding hydrogens is 308 g/mol. The van der Waals surface area contributed by atoms with Crippen LogP contribution in [0.3, 0.4) is 0 Å². The van der Waals surface area contributed by atoms with E-state index in [0.717, 1.165) is 0 Å². The Hall–Kier alpha value is -2.18. The van der Waals surface area contributed by atoms with Crippen LogP contribution in [-0.4, -0.2) is 23.6 Å². The number of nitrogens with one attached hydrogen (secondary N) is 1. The standard InChI is InChI=1S/C16H19F2NO4/c17-16(18)23-13-7-2-1-4-12(13)9-19-14(20)10-5-3-6-11(8-10)15(21)22/h1-2,4,7,10-11,16H,3,5-6,8-9H2,(H,19,20)(H,21,22). The van der Waals surface area contributed by atoms with Gasteiger partial charge in [-0.05, 0) is 25.3 Å². The number of carboxylic acids is 1. The predicted molar refractivity (Wildman–Crippen MR) is 78.0 cm³/mol. The largest absolute Gasteiger partial charge is 0.481 e. The highest BCUT2D eigenvalue weighted by Crippen LogP contribution is 2.29. The lowest BCUT2D eigenvalue weighted by Crippen LogP contribution is -2.35. The third kappa shape index (κ3) is 4.91. The molecule has 0 radical (unpaired) electrons. The average molecular weight is 327 g/mol. The molecule has 23 heavy (non-hydrogen) atoms. The van der Waals surface area contributed by atoms with E-state index in [4.69, 9.17) is 5.11 Å². The van der Waals surface area contributed by atoms with Gasteiger partial charge in [0.25, 0.3) is 0 Å². The lowest BCUT2D eigenvalue weighted by molar-refractivity contribution is -0.144. The van der Waals surface area contributed by atoms with Crippen molar-refractivity contribution in [3.05, 3.63) is 29.8 Å². The van der Waals surface area contributed by atoms with Crippen LogP contribution in [0.15, 0.2) is 24.3 Å². The molecule has 0 aliphatic heterocycles. The minimum Gasteiger partial charge on any atom is -0.481 e. The SMILES string of the molecule is O=C(O)C1CCCC(C(=O)NCc2ccccc2OC(F)F)C1. The van der Waals surface area contributed by atoms with Crippen molar-refractivity contribution in [2.75, 3.05) is 0 Å². The molecular formula is C16H19F2NO4. The first-order chi connectivity index (χ1) is 11.0. The molecule has 7 heteroatoms. The molecule has 1 aliphatic carbocycles. The number of amides is 1. The summed E-state index contributed by atoms with van der Waals surface area (Å²) >= 11 is 0. The molecule has 0 heterocycles. The highest BCUT2D eigenvalue weighted by molar-refractivity contribution is 5.80. The number of carbonyl (C=O) groups is 2. The van der Waals surface area contributed by atoms with Gasteiger partial charge < -0.3 is 15.2 Å². The van der Waals surface area contributed by atoms with Crippen LogP contribution in [0.25, 0.3) is 0 Å². The molecule has 5 nitrogen and oxygen atoms in total. The number of benzene rings is 1. The number of ether oxygens (including phenoxy) is 1. The van der Waals surface area contributed by atoms with Gasteiger partial charge in [-0.15, -0.1) is 0 Å². The lowest BCUT2D eigenvalue weighted by Gasteiger charge is -2.25. The molecule has 1 saturated carbocycles. The number of hydrogen-bond acceptors (Lipinski definition) is 3. The smallest absolute Gasteiger partial charge is 0.387 e. The second-order valence-corrected chi connectivity index (χ2v) is 5.60. The number of alkyl halides is 2. The maximum absolute atomic E-state index is 12.3. The zero-order valence-electron chi connectivity index (χ0n) is 12.5. The Morgan fingerprint density at radius 1 is 1.26 bits per heavy atom. The number of hydrogen-bond donors (Lipinski definition) is 2. The molecule has 2 atom stereocenters. The van der Waals surface area contributed by atoms with Crippen molar-refractivity contribution in [2.45, 2.75) is 38.8 Å². The molecule has 1 aromatic carbocycles. The summed E-state index contributed by atoms with van der Waals surface area (Å²) in [6, 6.07) is 6.25. The molecule has 2 unspecified atom stereocenters. The van der Waals surface area contributed by atoms with Gasteiger partial charge in [0.15, 0.2) is 0 Å². The number of aliphatic carboxylic acids is 1. The van der Waals surface area contributed by atoms with Gasteiger partial charge in [-0.2, -0.15) is 8.78 Å². The highest BCUT2D eigenvalue weighted by atomic mass is 19.3. The third-order valence-electron chi connectivity index (χ3n) is 4.04. The van der Waals surface area contributed by atoms with E-state index < -0.39 is 18.5 Å². The maximum Gasteiger partial charge on any atom is 0.387 e.